The smallest absolute Gasteiger partial charge is 0.146 e. The van der Waals surface area contributed by atoms with Crippen LogP contribution in [0.3, 0.4) is 0 Å². The van der Waals surface area contributed by atoms with Crippen LogP contribution < -0.4 is 5.73 Å². The minimum atomic E-state index is -0.451. The van der Waals surface area contributed by atoms with Gasteiger partial charge in [0.1, 0.15) is 5.82 Å². The fourth-order valence-electron chi connectivity index (χ4n) is 2.12. The number of aromatic nitrogens is 3. The first-order valence-corrected chi connectivity index (χ1v) is 6.57. The molecule has 5 heteroatoms. The Kier molecular flexibility index (Phi) is 4.27. The maximum absolute atomic E-state index is 13.6. The van der Waals surface area contributed by atoms with Crippen molar-refractivity contribution >= 4 is 0 Å². The summed E-state index contributed by atoms with van der Waals surface area (Å²) in [6.07, 6.45) is 2.98. The monoisotopic (exact) mass is 262 g/mol. The zero-order valence-electron chi connectivity index (χ0n) is 11.3. The number of hydrogen-bond donors (Lipinski definition) is 1. The average Bonchev–Trinajstić information content (AvgIpc) is 2.81. The SMILES string of the molecule is CCc1cc(CC(N)c2ncccc2F)n(CC)n1. The van der Waals surface area contributed by atoms with Crippen molar-refractivity contribution in [3.05, 3.63) is 47.3 Å². The van der Waals surface area contributed by atoms with Gasteiger partial charge in [-0.25, -0.2) is 4.39 Å². The molecule has 0 aliphatic heterocycles. The van der Waals surface area contributed by atoms with Crippen molar-refractivity contribution in [2.24, 2.45) is 5.73 Å². The lowest BCUT2D eigenvalue weighted by molar-refractivity contribution is 0.542. The van der Waals surface area contributed by atoms with Gasteiger partial charge in [-0.15, -0.1) is 0 Å². The first kappa shape index (κ1) is 13.7. The molecule has 0 aliphatic rings. The Morgan fingerprint density at radius 2 is 2.21 bits per heavy atom. The maximum Gasteiger partial charge on any atom is 0.146 e. The number of pyridine rings is 1. The number of nitrogens with zero attached hydrogens (tertiary/aromatic N) is 3. The van der Waals surface area contributed by atoms with Gasteiger partial charge < -0.3 is 5.73 Å². The molecule has 0 bridgehead atoms. The second-order valence-corrected chi connectivity index (χ2v) is 4.48. The summed E-state index contributed by atoms with van der Waals surface area (Å²) < 4.78 is 15.5. The summed E-state index contributed by atoms with van der Waals surface area (Å²) in [4.78, 5) is 4.03. The lowest BCUT2D eigenvalue weighted by Gasteiger charge is -2.12. The molecule has 0 fully saturated rings. The molecule has 2 rings (SSSR count). The van der Waals surface area contributed by atoms with Crippen molar-refractivity contribution in [1.82, 2.24) is 14.8 Å². The van der Waals surface area contributed by atoms with Crippen LogP contribution in [0.2, 0.25) is 0 Å². The van der Waals surface area contributed by atoms with Crippen LogP contribution in [0.5, 0.6) is 0 Å². The molecule has 1 unspecified atom stereocenters. The van der Waals surface area contributed by atoms with Gasteiger partial charge in [0, 0.05) is 24.9 Å². The molecule has 19 heavy (non-hydrogen) atoms. The van der Waals surface area contributed by atoms with Crippen LogP contribution in [0, 0.1) is 5.82 Å². The van der Waals surface area contributed by atoms with Gasteiger partial charge in [0.2, 0.25) is 0 Å². The number of rotatable bonds is 5. The number of hydrogen-bond acceptors (Lipinski definition) is 3. The maximum atomic E-state index is 13.6. The molecule has 2 aromatic rings. The fourth-order valence-corrected chi connectivity index (χ4v) is 2.12. The Bertz CT molecular complexity index is 550. The quantitative estimate of drug-likeness (QED) is 0.899. The van der Waals surface area contributed by atoms with Crippen LogP contribution in [0.15, 0.2) is 24.4 Å². The van der Waals surface area contributed by atoms with E-state index in [9.17, 15) is 4.39 Å². The third kappa shape index (κ3) is 2.98. The van der Waals surface area contributed by atoms with E-state index in [1.807, 2.05) is 17.7 Å². The number of aryl methyl sites for hydroxylation is 2. The lowest BCUT2D eigenvalue weighted by atomic mass is 10.1. The summed E-state index contributed by atoms with van der Waals surface area (Å²) in [7, 11) is 0. The molecule has 1 atom stereocenters. The summed E-state index contributed by atoms with van der Waals surface area (Å²) in [5.74, 6) is -0.353. The second kappa shape index (κ2) is 5.93. The molecular formula is C14H19FN4. The summed E-state index contributed by atoms with van der Waals surface area (Å²) in [6, 6.07) is 4.53. The van der Waals surface area contributed by atoms with Gasteiger partial charge >= 0.3 is 0 Å². The van der Waals surface area contributed by atoms with Crippen LogP contribution >= 0.6 is 0 Å². The predicted molar refractivity (Wildman–Crippen MR) is 72.1 cm³/mol. The van der Waals surface area contributed by atoms with Crippen LogP contribution in [-0.2, 0) is 19.4 Å². The largest absolute Gasteiger partial charge is 0.322 e. The van der Waals surface area contributed by atoms with E-state index in [1.54, 1.807) is 12.3 Å². The normalized spacial score (nSPS) is 12.6. The van der Waals surface area contributed by atoms with Crippen molar-refractivity contribution in [2.45, 2.75) is 39.3 Å². The van der Waals surface area contributed by atoms with Crippen molar-refractivity contribution < 1.29 is 4.39 Å². The van der Waals surface area contributed by atoms with Gasteiger partial charge in [0.15, 0.2) is 0 Å². The fraction of sp³-hybridized carbons (Fsp3) is 0.429. The van der Waals surface area contributed by atoms with Gasteiger partial charge in [-0.3, -0.25) is 9.67 Å². The van der Waals surface area contributed by atoms with E-state index in [2.05, 4.69) is 17.0 Å². The van der Waals surface area contributed by atoms with Crippen molar-refractivity contribution in [1.29, 1.82) is 0 Å². The Labute approximate surface area is 112 Å². The van der Waals surface area contributed by atoms with Crippen molar-refractivity contribution in [3.8, 4) is 0 Å². The molecule has 2 heterocycles. The highest BCUT2D eigenvalue weighted by molar-refractivity contribution is 5.17. The summed E-state index contributed by atoms with van der Waals surface area (Å²) in [5.41, 5.74) is 8.43. The van der Waals surface area contributed by atoms with Gasteiger partial charge in [-0.05, 0) is 31.5 Å². The van der Waals surface area contributed by atoms with Crippen molar-refractivity contribution in [3.63, 3.8) is 0 Å². The van der Waals surface area contributed by atoms with E-state index in [4.69, 9.17) is 5.73 Å². The van der Waals surface area contributed by atoms with Gasteiger partial charge in [0.05, 0.1) is 17.4 Å². The molecular weight excluding hydrogens is 243 g/mol. The molecule has 102 valence electrons. The van der Waals surface area contributed by atoms with E-state index in [0.29, 0.717) is 12.1 Å². The number of nitrogens with two attached hydrogens (primary N) is 1. The molecule has 0 amide bonds. The minimum Gasteiger partial charge on any atom is -0.322 e. The highest BCUT2D eigenvalue weighted by atomic mass is 19.1. The van der Waals surface area contributed by atoms with Gasteiger partial charge in [-0.2, -0.15) is 5.10 Å². The third-order valence-corrected chi connectivity index (χ3v) is 3.14. The van der Waals surface area contributed by atoms with E-state index in [1.165, 1.54) is 6.07 Å². The Morgan fingerprint density at radius 1 is 1.42 bits per heavy atom. The average molecular weight is 262 g/mol. The molecule has 0 spiro atoms. The Morgan fingerprint density at radius 3 is 2.84 bits per heavy atom. The molecule has 0 saturated carbocycles. The van der Waals surface area contributed by atoms with Crippen LogP contribution in [0.1, 0.15) is 37.0 Å². The van der Waals surface area contributed by atoms with Crippen LogP contribution in [-0.4, -0.2) is 14.8 Å². The van der Waals surface area contributed by atoms with E-state index in [-0.39, 0.29) is 5.82 Å². The molecule has 0 aromatic carbocycles. The van der Waals surface area contributed by atoms with Crippen molar-refractivity contribution in [2.75, 3.05) is 0 Å². The Balaban J connectivity index is 2.21. The molecule has 2 N–H and O–H groups in total. The van der Waals surface area contributed by atoms with Gasteiger partial charge in [-0.1, -0.05) is 6.92 Å². The second-order valence-electron chi connectivity index (χ2n) is 4.48. The summed E-state index contributed by atoms with van der Waals surface area (Å²) in [5, 5.41) is 4.46. The highest BCUT2D eigenvalue weighted by Gasteiger charge is 2.16. The first-order chi connectivity index (χ1) is 9.15. The number of halogens is 1. The predicted octanol–water partition coefficient (Wildman–Crippen LogP) is 2.24. The topological polar surface area (TPSA) is 56.7 Å². The van der Waals surface area contributed by atoms with E-state index in [0.717, 1.165) is 24.4 Å². The van der Waals surface area contributed by atoms with Crippen LogP contribution in [0.25, 0.3) is 0 Å². The molecule has 0 radical (unpaired) electrons. The lowest BCUT2D eigenvalue weighted by Crippen LogP contribution is -2.18. The summed E-state index contributed by atoms with van der Waals surface area (Å²) >= 11 is 0. The van der Waals surface area contributed by atoms with E-state index >= 15 is 0 Å². The highest BCUT2D eigenvalue weighted by Crippen LogP contribution is 2.17. The molecule has 2 aromatic heterocycles. The van der Waals surface area contributed by atoms with Crippen LogP contribution in [0.4, 0.5) is 4.39 Å². The molecule has 0 aliphatic carbocycles. The molecule has 4 nitrogen and oxygen atoms in total. The van der Waals surface area contributed by atoms with E-state index < -0.39 is 6.04 Å². The zero-order chi connectivity index (χ0) is 13.8. The first-order valence-electron chi connectivity index (χ1n) is 6.57. The Hall–Kier alpha value is -1.75. The third-order valence-electron chi connectivity index (χ3n) is 3.14. The van der Waals surface area contributed by atoms with Gasteiger partial charge in [0.25, 0.3) is 0 Å². The minimum absolute atomic E-state index is 0.310. The summed E-state index contributed by atoms with van der Waals surface area (Å²) in [6.45, 7) is 4.88. The standard InChI is InChI=1S/C14H19FN4/c1-3-10-8-11(19(4-2)18-10)9-13(16)14-12(15)6-5-7-17-14/h5-8,13H,3-4,9,16H2,1-2H3. The molecule has 0 saturated heterocycles. The zero-order valence-corrected chi connectivity index (χ0v) is 11.3.